The van der Waals surface area contributed by atoms with Gasteiger partial charge in [-0.05, 0) is 53.9 Å². The molecule has 0 saturated carbocycles. The molecule has 11 heteroatoms. The van der Waals surface area contributed by atoms with E-state index in [1.54, 1.807) is 24.3 Å². The highest BCUT2D eigenvalue weighted by Gasteiger charge is 2.18. The van der Waals surface area contributed by atoms with Gasteiger partial charge in [-0.25, -0.2) is 17.9 Å². The average molecular weight is 581 g/mol. The van der Waals surface area contributed by atoms with Crippen molar-refractivity contribution in [3.63, 3.8) is 0 Å². The van der Waals surface area contributed by atoms with Gasteiger partial charge in [-0.15, -0.1) is 0 Å². The minimum absolute atomic E-state index is 0.0509. The fourth-order valence-corrected chi connectivity index (χ4v) is 4.67. The van der Waals surface area contributed by atoms with Gasteiger partial charge in [-0.1, -0.05) is 57.9 Å². The zero-order valence-electron chi connectivity index (χ0n) is 18.7. The van der Waals surface area contributed by atoms with Crippen LogP contribution in [0.5, 0.6) is 5.75 Å². The molecule has 3 aromatic carbocycles. The number of ether oxygens (including phenoxy) is 1. The van der Waals surface area contributed by atoms with Gasteiger partial charge in [0.25, 0.3) is 15.9 Å². The molecule has 0 saturated heterocycles. The van der Waals surface area contributed by atoms with Crippen LogP contribution >= 0.6 is 27.5 Å². The van der Waals surface area contributed by atoms with Crippen molar-refractivity contribution in [2.24, 2.45) is 0 Å². The van der Waals surface area contributed by atoms with E-state index in [-0.39, 0.29) is 17.3 Å². The van der Waals surface area contributed by atoms with Crippen molar-refractivity contribution in [2.75, 3.05) is 13.7 Å². The molecule has 0 aromatic heterocycles. The first-order valence-electron chi connectivity index (χ1n) is 10.4. The van der Waals surface area contributed by atoms with Crippen LogP contribution in [0.2, 0.25) is 5.02 Å². The summed E-state index contributed by atoms with van der Waals surface area (Å²) < 4.78 is 33.0. The number of hydrogen-bond acceptors (Lipinski definition) is 5. The van der Waals surface area contributed by atoms with Crippen LogP contribution in [0.15, 0.2) is 76.1 Å². The number of methoxy groups -OCH3 is 1. The Morgan fingerprint density at radius 1 is 1.00 bits per heavy atom. The first kappa shape index (κ1) is 26.5. The van der Waals surface area contributed by atoms with E-state index in [4.69, 9.17) is 16.3 Å². The van der Waals surface area contributed by atoms with Gasteiger partial charge in [0.1, 0.15) is 5.75 Å². The van der Waals surface area contributed by atoms with E-state index in [0.29, 0.717) is 29.3 Å². The summed E-state index contributed by atoms with van der Waals surface area (Å²) >= 11 is 9.34. The molecule has 184 valence electrons. The number of rotatable bonds is 9. The summed E-state index contributed by atoms with van der Waals surface area (Å²) in [5.74, 6) is 0.0793. The second kappa shape index (κ2) is 12.1. The van der Waals surface area contributed by atoms with Gasteiger partial charge in [-0.2, -0.15) is 0 Å². The van der Waals surface area contributed by atoms with E-state index in [9.17, 15) is 18.0 Å². The molecule has 0 unspecified atom stereocenters. The molecule has 0 bridgehead atoms. The summed E-state index contributed by atoms with van der Waals surface area (Å²) in [6, 6.07) is 17.3. The van der Waals surface area contributed by atoms with Crippen molar-refractivity contribution in [1.82, 2.24) is 15.4 Å². The Morgan fingerprint density at radius 3 is 2.40 bits per heavy atom. The lowest BCUT2D eigenvalue weighted by molar-refractivity contribution is 0.0951. The van der Waals surface area contributed by atoms with Crippen LogP contribution < -0.4 is 20.1 Å². The molecule has 0 aliphatic rings. The molecule has 0 aliphatic carbocycles. The predicted octanol–water partition coefficient (Wildman–Crippen LogP) is 4.27. The van der Waals surface area contributed by atoms with Crippen molar-refractivity contribution in [3.8, 4) is 5.75 Å². The lowest BCUT2D eigenvalue weighted by Gasteiger charge is -2.11. The Balaban J connectivity index is 1.52. The van der Waals surface area contributed by atoms with Crippen molar-refractivity contribution in [3.05, 3.63) is 92.9 Å². The largest absolute Gasteiger partial charge is 0.496 e. The molecule has 0 spiro atoms. The van der Waals surface area contributed by atoms with Crippen molar-refractivity contribution in [1.29, 1.82) is 0 Å². The van der Waals surface area contributed by atoms with Crippen LogP contribution in [-0.4, -0.2) is 34.0 Å². The third-order valence-electron chi connectivity index (χ3n) is 4.96. The third kappa shape index (κ3) is 7.45. The number of urea groups is 1. The minimum atomic E-state index is -4.04. The normalized spacial score (nSPS) is 10.9. The number of nitrogens with one attached hydrogen (secondary N) is 3. The Kier molecular flexibility index (Phi) is 9.13. The van der Waals surface area contributed by atoms with Crippen molar-refractivity contribution < 1.29 is 22.7 Å². The molecule has 3 amide bonds. The highest BCUT2D eigenvalue weighted by atomic mass is 79.9. The molecule has 3 rings (SSSR count). The van der Waals surface area contributed by atoms with E-state index in [1.807, 2.05) is 29.0 Å². The molecule has 3 N–H and O–H groups in total. The zero-order chi connectivity index (χ0) is 25.4. The monoisotopic (exact) mass is 579 g/mol. The predicted molar refractivity (Wildman–Crippen MR) is 137 cm³/mol. The van der Waals surface area contributed by atoms with Gasteiger partial charge in [0.05, 0.1) is 17.6 Å². The van der Waals surface area contributed by atoms with E-state index in [1.165, 1.54) is 25.3 Å². The number of benzene rings is 3. The Labute approximate surface area is 217 Å². The number of carbonyl (C=O) groups is 2. The number of halogens is 2. The maximum atomic E-state index is 12.5. The topological polar surface area (TPSA) is 114 Å². The smallest absolute Gasteiger partial charge is 0.328 e. The maximum absolute atomic E-state index is 12.5. The van der Waals surface area contributed by atoms with Crippen LogP contribution in [0.3, 0.4) is 0 Å². The zero-order valence-corrected chi connectivity index (χ0v) is 21.8. The van der Waals surface area contributed by atoms with Gasteiger partial charge >= 0.3 is 6.03 Å². The lowest BCUT2D eigenvalue weighted by atomic mass is 10.1. The summed E-state index contributed by atoms with van der Waals surface area (Å²) in [5, 5.41) is 5.73. The van der Waals surface area contributed by atoms with Gasteiger partial charge in [-0.3, -0.25) is 4.79 Å². The maximum Gasteiger partial charge on any atom is 0.328 e. The Bertz CT molecular complexity index is 1320. The van der Waals surface area contributed by atoms with Crippen LogP contribution in [0.1, 0.15) is 21.5 Å². The van der Waals surface area contributed by atoms with Crippen molar-refractivity contribution >= 4 is 49.5 Å². The second-order valence-electron chi connectivity index (χ2n) is 7.37. The Hall–Kier alpha value is -3.08. The van der Waals surface area contributed by atoms with Crippen LogP contribution in [0, 0.1) is 0 Å². The van der Waals surface area contributed by atoms with Gasteiger partial charge in [0.2, 0.25) is 0 Å². The van der Waals surface area contributed by atoms with Gasteiger partial charge in [0, 0.05) is 22.6 Å². The summed E-state index contributed by atoms with van der Waals surface area (Å²) in [5.41, 5.74) is 1.94. The highest BCUT2D eigenvalue weighted by Crippen LogP contribution is 2.22. The summed E-state index contributed by atoms with van der Waals surface area (Å²) in [4.78, 5) is 24.5. The molecule has 0 fully saturated rings. The second-order valence-corrected chi connectivity index (χ2v) is 10.3. The van der Waals surface area contributed by atoms with Crippen LogP contribution in [-0.2, 0) is 23.0 Å². The van der Waals surface area contributed by atoms with E-state index in [0.717, 1.165) is 15.6 Å². The van der Waals surface area contributed by atoms with Crippen LogP contribution in [0.4, 0.5) is 4.79 Å². The fraction of sp³-hybridized carbons (Fsp3) is 0.167. The number of sulfonamides is 1. The molecule has 3 aromatic rings. The summed E-state index contributed by atoms with van der Waals surface area (Å²) in [7, 11) is -2.57. The molecule has 0 aliphatic heterocycles. The van der Waals surface area contributed by atoms with E-state index >= 15 is 0 Å². The molecule has 35 heavy (non-hydrogen) atoms. The first-order valence-corrected chi connectivity index (χ1v) is 13.1. The Morgan fingerprint density at radius 2 is 1.71 bits per heavy atom. The molecule has 0 heterocycles. The SMILES string of the molecule is COc1ccc(Cl)cc1C(=O)NCCc1ccc(S(=O)(=O)NC(=O)NCc2ccccc2Br)cc1. The summed E-state index contributed by atoms with van der Waals surface area (Å²) in [6.07, 6.45) is 0.467. The minimum Gasteiger partial charge on any atom is -0.496 e. The molecular formula is C24H23BrClN3O5S. The number of amides is 3. The van der Waals surface area contributed by atoms with Gasteiger partial charge in [0.15, 0.2) is 0 Å². The third-order valence-corrected chi connectivity index (χ3v) is 7.32. The number of hydrogen-bond donors (Lipinski definition) is 3. The number of carbonyl (C=O) groups excluding carboxylic acids is 2. The van der Waals surface area contributed by atoms with E-state index in [2.05, 4.69) is 26.6 Å². The molecule has 0 atom stereocenters. The first-order chi connectivity index (χ1) is 16.7. The molecule has 0 radical (unpaired) electrons. The van der Waals surface area contributed by atoms with Crippen LogP contribution in [0.25, 0.3) is 0 Å². The average Bonchev–Trinajstić information content (AvgIpc) is 2.83. The highest BCUT2D eigenvalue weighted by molar-refractivity contribution is 9.10. The molecular weight excluding hydrogens is 558 g/mol. The van der Waals surface area contributed by atoms with E-state index < -0.39 is 16.1 Å². The van der Waals surface area contributed by atoms with Crippen molar-refractivity contribution in [2.45, 2.75) is 17.9 Å². The standard InChI is InChI=1S/C24H23BrClN3O5S/c1-34-22-11-8-18(26)14-20(22)23(30)27-13-12-16-6-9-19(10-7-16)35(32,33)29-24(31)28-15-17-4-2-3-5-21(17)25/h2-11,14H,12-13,15H2,1H3,(H,27,30)(H2,28,29,31). The van der Waals surface area contributed by atoms with Gasteiger partial charge < -0.3 is 15.4 Å². The quantitative estimate of drug-likeness (QED) is 0.350. The lowest BCUT2D eigenvalue weighted by Crippen LogP contribution is -2.39. The molecule has 8 nitrogen and oxygen atoms in total. The fourth-order valence-electron chi connectivity index (χ4n) is 3.14. The summed E-state index contributed by atoms with van der Waals surface area (Å²) in [6.45, 7) is 0.477.